The predicted octanol–water partition coefficient (Wildman–Crippen LogP) is 4.65. The Balaban J connectivity index is 2.11. The first-order valence-electron chi connectivity index (χ1n) is 10.4. The van der Waals surface area contributed by atoms with Gasteiger partial charge in [-0.05, 0) is 68.6 Å². The molecule has 0 radical (unpaired) electrons. The lowest BCUT2D eigenvalue weighted by Gasteiger charge is -2.43. The Morgan fingerprint density at radius 1 is 1.17 bits per heavy atom. The lowest BCUT2D eigenvalue weighted by atomic mass is 9.87. The van der Waals surface area contributed by atoms with Crippen molar-refractivity contribution in [2.24, 2.45) is 0 Å². The van der Waals surface area contributed by atoms with Gasteiger partial charge in [-0.2, -0.15) is 0 Å². The SMILES string of the molecule is CNCc1ccc(-c2ccc3c(c2)[C@H](N(C(=O)O)C(C)C)C[C@H](C)N3C(C)=O)cc1. The summed E-state index contributed by atoms with van der Waals surface area (Å²) in [5.74, 6) is -0.0298. The molecule has 2 aromatic rings. The van der Waals surface area contributed by atoms with Crippen LogP contribution in [0.5, 0.6) is 0 Å². The van der Waals surface area contributed by atoms with Crippen LogP contribution in [0.1, 0.15) is 51.3 Å². The number of benzene rings is 2. The van der Waals surface area contributed by atoms with Gasteiger partial charge in [-0.15, -0.1) is 0 Å². The molecule has 0 saturated heterocycles. The molecule has 0 bridgehead atoms. The number of carbonyl (C=O) groups is 2. The highest BCUT2D eigenvalue weighted by Crippen LogP contribution is 2.43. The summed E-state index contributed by atoms with van der Waals surface area (Å²) in [6.45, 7) is 8.12. The molecule has 2 atom stereocenters. The van der Waals surface area contributed by atoms with Crippen molar-refractivity contribution in [3.05, 3.63) is 53.6 Å². The molecule has 0 saturated carbocycles. The summed E-state index contributed by atoms with van der Waals surface area (Å²) >= 11 is 0. The molecule has 1 aliphatic rings. The second-order valence-electron chi connectivity index (χ2n) is 8.27. The van der Waals surface area contributed by atoms with Crippen molar-refractivity contribution < 1.29 is 14.7 Å². The van der Waals surface area contributed by atoms with Crippen molar-refractivity contribution in [2.45, 2.75) is 58.8 Å². The highest BCUT2D eigenvalue weighted by atomic mass is 16.4. The lowest BCUT2D eigenvalue weighted by Crippen LogP contribution is -2.48. The van der Waals surface area contributed by atoms with Crippen LogP contribution >= 0.6 is 0 Å². The van der Waals surface area contributed by atoms with Crippen LogP contribution in [0.2, 0.25) is 0 Å². The van der Waals surface area contributed by atoms with Crippen molar-refractivity contribution in [3.8, 4) is 11.1 Å². The van der Waals surface area contributed by atoms with E-state index in [0.717, 1.165) is 28.9 Å². The fraction of sp³-hybridized carbons (Fsp3) is 0.417. The van der Waals surface area contributed by atoms with Gasteiger partial charge in [0.2, 0.25) is 5.91 Å². The van der Waals surface area contributed by atoms with Crippen LogP contribution in [0.25, 0.3) is 11.1 Å². The van der Waals surface area contributed by atoms with Crippen LogP contribution in [0.15, 0.2) is 42.5 Å². The average molecular weight is 410 g/mol. The van der Waals surface area contributed by atoms with E-state index in [1.807, 2.05) is 46.0 Å². The van der Waals surface area contributed by atoms with E-state index >= 15 is 0 Å². The molecule has 6 heteroatoms. The molecule has 6 nitrogen and oxygen atoms in total. The van der Waals surface area contributed by atoms with Crippen molar-refractivity contribution in [3.63, 3.8) is 0 Å². The second-order valence-corrected chi connectivity index (χ2v) is 8.27. The number of nitrogens with one attached hydrogen (secondary N) is 1. The summed E-state index contributed by atoms with van der Waals surface area (Å²) in [6, 6.07) is 13.8. The molecule has 0 aromatic heterocycles. The zero-order valence-corrected chi connectivity index (χ0v) is 18.3. The number of hydrogen-bond acceptors (Lipinski definition) is 3. The zero-order valence-electron chi connectivity index (χ0n) is 18.3. The first-order chi connectivity index (χ1) is 14.2. The van der Waals surface area contributed by atoms with Crippen molar-refractivity contribution >= 4 is 17.7 Å². The molecule has 0 spiro atoms. The second kappa shape index (κ2) is 8.88. The standard InChI is InChI=1S/C24H31N3O3/c1-15(2)26(24(29)30)23-12-16(3)27(17(4)28)22-11-10-20(13-21(22)23)19-8-6-18(7-9-19)14-25-5/h6-11,13,15-16,23,25H,12,14H2,1-5H3,(H,29,30)/t16-,23+/m0/s1. The van der Waals surface area contributed by atoms with Gasteiger partial charge in [0.25, 0.3) is 0 Å². The van der Waals surface area contributed by atoms with E-state index in [4.69, 9.17) is 0 Å². The third-order valence-corrected chi connectivity index (χ3v) is 5.77. The summed E-state index contributed by atoms with van der Waals surface area (Å²) in [6.07, 6.45) is -0.368. The Labute approximate surface area is 178 Å². The van der Waals surface area contributed by atoms with Crippen LogP contribution in [-0.4, -0.2) is 41.1 Å². The van der Waals surface area contributed by atoms with E-state index < -0.39 is 6.09 Å². The quantitative estimate of drug-likeness (QED) is 0.754. The first-order valence-corrected chi connectivity index (χ1v) is 10.4. The molecule has 160 valence electrons. The number of hydrogen-bond donors (Lipinski definition) is 2. The maximum Gasteiger partial charge on any atom is 0.408 e. The van der Waals surface area contributed by atoms with Crippen molar-refractivity contribution in [2.75, 3.05) is 11.9 Å². The van der Waals surface area contributed by atoms with Gasteiger partial charge < -0.3 is 15.3 Å². The minimum absolute atomic E-state index is 0.0298. The highest BCUT2D eigenvalue weighted by Gasteiger charge is 2.38. The van der Waals surface area contributed by atoms with E-state index in [0.29, 0.717) is 6.42 Å². The molecule has 0 unspecified atom stereocenters. The first kappa shape index (κ1) is 21.8. The molecule has 2 N–H and O–H groups in total. The van der Waals surface area contributed by atoms with Gasteiger partial charge in [-0.3, -0.25) is 9.69 Å². The fourth-order valence-electron chi connectivity index (χ4n) is 4.49. The number of rotatable bonds is 5. The monoisotopic (exact) mass is 409 g/mol. The topological polar surface area (TPSA) is 72.9 Å². The molecular weight excluding hydrogens is 378 g/mol. The third kappa shape index (κ3) is 4.19. The molecular formula is C24H31N3O3. The maximum absolute atomic E-state index is 12.4. The number of amides is 2. The van der Waals surface area contributed by atoms with Gasteiger partial charge >= 0.3 is 6.09 Å². The van der Waals surface area contributed by atoms with Gasteiger partial charge in [-0.25, -0.2) is 4.79 Å². The van der Waals surface area contributed by atoms with E-state index in [1.165, 1.54) is 10.5 Å². The Morgan fingerprint density at radius 3 is 2.33 bits per heavy atom. The van der Waals surface area contributed by atoms with Gasteiger partial charge in [0.15, 0.2) is 0 Å². The maximum atomic E-state index is 12.4. The molecule has 30 heavy (non-hydrogen) atoms. The van der Waals surface area contributed by atoms with Crippen LogP contribution in [0.3, 0.4) is 0 Å². The number of nitrogens with zero attached hydrogens (tertiary/aromatic N) is 2. The summed E-state index contributed by atoms with van der Waals surface area (Å²) < 4.78 is 0. The van der Waals surface area contributed by atoms with Crippen molar-refractivity contribution in [1.82, 2.24) is 10.2 Å². The molecule has 0 aliphatic carbocycles. The third-order valence-electron chi connectivity index (χ3n) is 5.77. The summed E-state index contributed by atoms with van der Waals surface area (Å²) in [7, 11) is 1.92. The van der Waals surface area contributed by atoms with E-state index in [2.05, 4.69) is 29.6 Å². The Morgan fingerprint density at radius 2 is 1.80 bits per heavy atom. The summed E-state index contributed by atoms with van der Waals surface area (Å²) in [5, 5.41) is 13.0. The predicted molar refractivity (Wildman–Crippen MR) is 120 cm³/mol. The molecule has 3 rings (SSSR count). The average Bonchev–Trinajstić information content (AvgIpc) is 2.67. The van der Waals surface area contributed by atoms with Gasteiger partial charge in [0.05, 0.1) is 6.04 Å². The highest BCUT2D eigenvalue weighted by molar-refractivity contribution is 5.94. The molecule has 2 amide bonds. The van der Waals surface area contributed by atoms with Crippen LogP contribution in [0.4, 0.5) is 10.5 Å². The van der Waals surface area contributed by atoms with E-state index in [9.17, 15) is 14.7 Å². The minimum Gasteiger partial charge on any atom is -0.465 e. The molecule has 1 heterocycles. The molecule has 0 fully saturated rings. The zero-order chi connectivity index (χ0) is 22.0. The lowest BCUT2D eigenvalue weighted by molar-refractivity contribution is -0.117. The largest absolute Gasteiger partial charge is 0.465 e. The summed E-state index contributed by atoms with van der Waals surface area (Å²) in [4.78, 5) is 27.7. The van der Waals surface area contributed by atoms with Gasteiger partial charge in [0, 0.05) is 31.2 Å². The minimum atomic E-state index is -0.939. The van der Waals surface area contributed by atoms with E-state index in [-0.39, 0.29) is 24.0 Å². The van der Waals surface area contributed by atoms with Crippen LogP contribution in [-0.2, 0) is 11.3 Å². The van der Waals surface area contributed by atoms with Gasteiger partial charge in [-0.1, -0.05) is 30.3 Å². The van der Waals surface area contributed by atoms with Crippen molar-refractivity contribution in [1.29, 1.82) is 0 Å². The number of anilines is 1. The smallest absolute Gasteiger partial charge is 0.408 e. The van der Waals surface area contributed by atoms with Gasteiger partial charge in [0.1, 0.15) is 0 Å². The summed E-state index contributed by atoms with van der Waals surface area (Å²) in [5.41, 5.74) is 4.97. The molecule has 2 aromatic carbocycles. The Kier molecular flexibility index (Phi) is 6.46. The normalized spacial score (nSPS) is 18.3. The van der Waals surface area contributed by atoms with E-state index in [1.54, 1.807) is 11.8 Å². The van der Waals surface area contributed by atoms with Crippen LogP contribution in [0, 0.1) is 0 Å². The fourth-order valence-corrected chi connectivity index (χ4v) is 4.49. The number of fused-ring (bicyclic) bond motifs is 1. The number of carboxylic acid groups (broad SMARTS) is 1. The number of carbonyl (C=O) groups excluding carboxylic acids is 1. The Bertz CT molecular complexity index is 924. The Hall–Kier alpha value is -2.86. The van der Waals surface area contributed by atoms with Crippen LogP contribution < -0.4 is 10.2 Å². The molecule has 1 aliphatic heterocycles.